The van der Waals surface area contributed by atoms with Crippen LogP contribution in [0.3, 0.4) is 0 Å². The molecule has 1 saturated carbocycles. The number of rotatable bonds is 0. The number of fused-ring (bicyclic) bond motifs is 1. The first-order chi connectivity index (χ1) is 8.21. The Morgan fingerprint density at radius 1 is 1.29 bits per heavy atom. The second kappa shape index (κ2) is 4.02. The Kier molecular flexibility index (Phi) is 2.62. The van der Waals surface area contributed by atoms with Crippen LogP contribution in [0.5, 0.6) is 5.75 Å². The van der Waals surface area contributed by atoms with Crippen LogP contribution in [-0.2, 0) is 0 Å². The van der Waals surface area contributed by atoms with E-state index in [2.05, 4.69) is 19.1 Å². The summed E-state index contributed by atoms with van der Waals surface area (Å²) in [7, 11) is 0. The largest absolute Gasteiger partial charge is 0.487 e. The molecule has 3 atom stereocenters. The van der Waals surface area contributed by atoms with Gasteiger partial charge in [-0.05, 0) is 31.2 Å². The van der Waals surface area contributed by atoms with Crippen molar-refractivity contribution >= 4 is 0 Å². The number of nitrogens with two attached hydrogens (primary N) is 1. The smallest absolute Gasteiger partial charge is 0.124 e. The molecule has 2 heteroatoms. The SMILES string of the molecule is CC1CCCCC12C[C@H](N)c1ccccc1O2. The standard InChI is InChI=1S/C15H21NO/c1-11-6-4-5-9-15(11)10-13(16)12-7-2-3-8-14(12)17-15/h2-3,7-8,11,13H,4-6,9-10,16H2,1H3/t11?,13-,15?/m0/s1. The van der Waals surface area contributed by atoms with E-state index in [1.165, 1.54) is 24.8 Å². The van der Waals surface area contributed by atoms with Crippen molar-refractivity contribution in [2.45, 2.75) is 50.7 Å². The van der Waals surface area contributed by atoms with Gasteiger partial charge in [-0.25, -0.2) is 0 Å². The zero-order valence-electron chi connectivity index (χ0n) is 10.5. The Hall–Kier alpha value is -1.02. The fourth-order valence-corrected chi connectivity index (χ4v) is 3.46. The van der Waals surface area contributed by atoms with Gasteiger partial charge in [0.1, 0.15) is 11.4 Å². The Morgan fingerprint density at radius 2 is 2.12 bits per heavy atom. The molecular weight excluding hydrogens is 210 g/mol. The highest BCUT2D eigenvalue weighted by Crippen LogP contribution is 2.47. The molecule has 0 amide bonds. The fourth-order valence-electron chi connectivity index (χ4n) is 3.46. The highest BCUT2D eigenvalue weighted by atomic mass is 16.5. The van der Waals surface area contributed by atoms with E-state index in [9.17, 15) is 0 Å². The first kappa shape index (κ1) is 11.1. The van der Waals surface area contributed by atoms with Crippen LogP contribution >= 0.6 is 0 Å². The Balaban J connectivity index is 1.97. The third-order valence-corrected chi connectivity index (χ3v) is 4.58. The monoisotopic (exact) mass is 231 g/mol. The number of ether oxygens (including phenoxy) is 1. The maximum absolute atomic E-state index is 6.36. The third kappa shape index (κ3) is 1.75. The molecule has 3 rings (SSSR count). The summed E-state index contributed by atoms with van der Waals surface area (Å²) in [6, 6.07) is 8.39. The van der Waals surface area contributed by atoms with Gasteiger partial charge in [0.2, 0.25) is 0 Å². The molecule has 0 saturated heterocycles. The molecule has 17 heavy (non-hydrogen) atoms. The van der Waals surface area contributed by atoms with Crippen molar-refractivity contribution in [1.82, 2.24) is 0 Å². The van der Waals surface area contributed by atoms with Gasteiger partial charge < -0.3 is 10.5 Å². The molecule has 1 aromatic carbocycles. The number of hydrogen-bond acceptors (Lipinski definition) is 2. The van der Waals surface area contributed by atoms with Crippen molar-refractivity contribution in [3.05, 3.63) is 29.8 Å². The molecule has 2 nitrogen and oxygen atoms in total. The lowest BCUT2D eigenvalue weighted by molar-refractivity contribution is -0.0407. The van der Waals surface area contributed by atoms with Crippen LogP contribution < -0.4 is 10.5 Å². The van der Waals surface area contributed by atoms with E-state index in [1.54, 1.807) is 0 Å². The highest BCUT2D eigenvalue weighted by Gasteiger charge is 2.45. The van der Waals surface area contributed by atoms with Gasteiger partial charge in [-0.1, -0.05) is 31.5 Å². The first-order valence-electron chi connectivity index (χ1n) is 6.75. The molecule has 1 aliphatic carbocycles. The molecule has 2 aliphatic rings. The summed E-state index contributed by atoms with van der Waals surface area (Å²) in [5.74, 6) is 1.63. The van der Waals surface area contributed by atoms with Crippen LogP contribution in [0.2, 0.25) is 0 Å². The Morgan fingerprint density at radius 3 is 2.94 bits per heavy atom. The van der Waals surface area contributed by atoms with Crippen LogP contribution in [0.1, 0.15) is 50.6 Å². The second-order valence-electron chi connectivity index (χ2n) is 5.66. The number of benzene rings is 1. The lowest BCUT2D eigenvalue weighted by atomic mass is 9.71. The normalized spacial score (nSPS) is 36.4. The van der Waals surface area contributed by atoms with Crippen molar-refractivity contribution in [1.29, 1.82) is 0 Å². The van der Waals surface area contributed by atoms with E-state index in [-0.39, 0.29) is 11.6 Å². The molecule has 0 bridgehead atoms. The predicted molar refractivity (Wildman–Crippen MR) is 69.0 cm³/mol. The maximum Gasteiger partial charge on any atom is 0.124 e. The average Bonchev–Trinajstić information content (AvgIpc) is 2.33. The quantitative estimate of drug-likeness (QED) is 0.742. The van der Waals surface area contributed by atoms with Crippen LogP contribution in [0.4, 0.5) is 0 Å². The van der Waals surface area contributed by atoms with Gasteiger partial charge >= 0.3 is 0 Å². The minimum Gasteiger partial charge on any atom is -0.487 e. The third-order valence-electron chi connectivity index (χ3n) is 4.58. The summed E-state index contributed by atoms with van der Waals surface area (Å²) < 4.78 is 6.36. The van der Waals surface area contributed by atoms with Gasteiger partial charge in [0.05, 0.1) is 0 Å². The number of hydrogen-bond donors (Lipinski definition) is 1. The van der Waals surface area contributed by atoms with Crippen LogP contribution in [0.15, 0.2) is 24.3 Å². The predicted octanol–water partition coefficient (Wildman–Crippen LogP) is 3.42. The van der Waals surface area contributed by atoms with Gasteiger partial charge in [0.15, 0.2) is 0 Å². The van der Waals surface area contributed by atoms with Gasteiger partial charge in [-0.15, -0.1) is 0 Å². The lowest BCUT2D eigenvalue weighted by Gasteiger charge is -2.47. The molecule has 2 unspecified atom stereocenters. The van der Waals surface area contributed by atoms with E-state index in [0.29, 0.717) is 5.92 Å². The lowest BCUT2D eigenvalue weighted by Crippen LogP contribution is -2.49. The van der Waals surface area contributed by atoms with Gasteiger partial charge in [0, 0.05) is 18.0 Å². The molecular formula is C15H21NO. The average molecular weight is 231 g/mol. The number of para-hydroxylation sites is 1. The molecule has 1 aliphatic heterocycles. The Labute approximate surface area is 103 Å². The van der Waals surface area contributed by atoms with E-state index in [0.717, 1.165) is 18.6 Å². The summed E-state index contributed by atoms with van der Waals surface area (Å²) in [6.45, 7) is 2.32. The highest BCUT2D eigenvalue weighted by molar-refractivity contribution is 5.38. The minimum atomic E-state index is 0.00597. The molecule has 0 radical (unpaired) electrons. The van der Waals surface area contributed by atoms with E-state index >= 15 is 0 Å². The van der Waals surface area contributed by atoms with Crippen molar-refractivity contribution in [2.75, 3.05) is 0 Å². The summed E-state index contributed by atoms with van der Waals surface area (Å²) >= 11 is 0. The minimum absolute atomic E-state index is 0.00597. The van der Waals surface area contributed by atoms with Crippen molar-refractivity contribution in [3.8, 4) is 5.75 Å². The topological polar surface area (TPSA) is 35.2 Å². The second-order valence-corrected chi connectivity index (χ2v) is 5.66. The van der Waals surface area contributed by atoms with E-state index < -0.39 is 0 Å². The first-order valence-corrected chi connectivity index (χ1v) is 6.75. The molecule has 1 heterocycles. The van der Waals surface area contributed by atoms with Crippen molar-refractivity contribution < 1.29 is 4.74 Å². The van der Waals surface area contributed by atoms with Crippen molar-refractivity contribution in [2.24, 2.45) is 11.7 Å². The summed E-state index contributed by atoms with van der Waals surface area (Å²) in [4.78, 5) is 0. The summed E-state index contributed by atoms with van der Waals surface area (Å²) in [5, 5.41) is 0. The maximum atomic E-state index is 6.36. The zero-order chi connectivity index (χ0) is 11.9. The van der Waals surface area contributed by atoms with Crippen molar-refractivity contribution in [3.63, 3.8) is 0 Å². The molecule has 1 aromatic rings. The summed E-state index contributed by atoms with van der Waals surface area (Å²) in [6.07, 6.45) is 6.03. The molecule has 1 spiro atoms. The van der Waals surface area contributed by atoms with Gasteiger partial charge in [0.25, 0.3) is 0 Å². The molecule has 1 fully saturated rings. The molecule has 0 aromatic heterocycles. The van der Waals surface area contributed by atoms with Gasteiger partial charge in [-0.2, -0.15) is 0 Å². The summed E-state index contributed by atoms with van der Waals surface area (Å²) in [5.41, 5.74) is 7.52. The molecule has 2 N–H and O–H groups in total. The Bertz CT molecular complexity index is 417. The molecule has 92 valence electrons. The van der Waals surface area contributed by atoms with E-state index in [4.69, 9.17) is 10.5 Å². The van der Waals surface area contributed by atoms with Crippen LogP contribution in [0.25, 0.3) is 0 Å². The van der Waals surface area contributed by atoms with Crippen LogP contribution in [-0.4, -0.2) is 5.60 Å². The van der Waals surface area contributed by atoms with E-state index in [1.807, 2.05) is 12.1 Å². The zero-order valence-corrected chi connectivity index (χ0v) is 10.5. The fraction of sp³-hybridized carbons (Fsp3) is 0.600. The van der Waals surface area contributed by atoms with Gasteiger partial charge in [-0.3, -0.25) is 0 Å². The van der Waals surface area contributed by atoms with Crippen LogP contribution in [0, 0.1) is 5.92 Å².